The molecule has 0 radical (unpaired) electrons. The molecule has 1 atom stereocenters. The Morgan fingerprint density at radius 2 is 1.89 bits per heavy atom. The number of ether oxygens (including phenoxy) is 1. The second kappa shape index (κ2) is 5.19. The Balaban J connectivity index is 1.92. The van der Waals surface area contributed by atoms with Crippen molar-refractivity contribution in [3.8, 4) is 0 Å². The number of morpholine rings is 1. The smallest absolute Gasteiger partial charge is 0.0947 e. The van der Waals surface area contributed by atoms with Gasteiger partial charge in [0.1, 0.15) is 0 Å². The van der Waals surface area contributed by atoms with E-state index in [2.05, 4.69) is 40.2 Å². The summed E-state index contributed by atoms with van der Waals surface area (Å²) in [5, 5.41) is 0. The molecule has 0 spiro atoms. The summed E-state index contributed by atoms with van der Waals surface area (Å²) in [7, 11) is 0. The van der Waals surface area contributed by atoms with Crippen LogP contribution in [-0.2, 0) is 4.74 Å². The molecule has 3 rings (SSSR count). The average Bonchev–Trinajstić information content (AvgIpc) is 2.49. The molecule has 1 unspecified atom stereocenters. The fourth-order valence-corrected chi connectivity index (χ4v) is 2.35. The molecule has 3 heteroatoms. The second-order valence-corrected chi connectivity index (χ2v) is 4.37. The summed E-state index contributed by atoms with van der Waals surface area (Å²) in [5.41, 5.74) is 2.30. The summed E-state index contributed by atoms with van der Waals surface area (Å²) in [4.78, 5) is 6.82. The minimum Gasteiger partial charge on any atom is -0.377 e. The second-order valence-electron chi connectivity index (χ2n) is 4.37. The van der Waals surface area contributed by atoms with Gasteiger partial charge in [-0.3, -0.25) is 4.98 Å². The van der Waals surface area contributed by atoms with Crippen LogP contribution in [0.1, 0.15) is 11.7 Å². The van der Waals surface area contributed by atoms with Crippen molar-refractivity contribution >= 4 is 5.69 Å². The van der Waals surface area contributed by atoms with Gasteiger partial charge in [0.2, 0.25) is 0 Å². The summed E-state index contributed by atoms with van der Waals surface area (Å²) in [6.45, 7) is 2.38. The summed E-state index contributed by atoms with van der Waals surface area (Å²) in [6, 6.07) is 16.7. The van der Waals surface area contributed by atoms with Crippen molar-refractivity contribution in [2.75, 3.05) is 24.7 Å². The molecule has 0 amide bonds. The highest BCUT2D eigenvalue weighted by Gasteiger charge is 2.25. The number of aromatic nitrogens is 1. The van der Waals surface area contributed by atoms with Crippen LogP contribution in [0.25, 0.3) is 0 Å². The van der Waals surface area contributed by atoms with Crippen molar-refractivity contribution in [2.45, 2.75) is 6.04 Å². The lowest BCUT2D eigenvalue weighted by molar-refractivity contribution is 0.0930. The van der Waals surface area contributed by atoms with Crippen LogP contribution in [-0.4, -0.2) is 24.7 Å². The zero-order valence-electron chi connectivity index (χ0n) is 10.2. The number of pyridine rings is 1. The summed E-state index contributed by atoms with van der Waals surface area (Å²) < 4.78 is 5.61. The minimum atomic E-state index is 0.211. The molecule has 1 aromatic carbocycles. The maximum atomic E-state index is 5.61. The third-order valence-electron chi connectivity index (χ3n) is 3.25. The number of nitrogens with zero attached hydrogens (tertiary/aromatic N) is 2. The summed E-state index contributed by atoms with van der Waals surface area (Å²) in [6.07, 6.45) is 1.84. The predicted molar refractivity (Wildman–Crippen MR) is 71.6 cm³/mol. The van der Waals surface area contributed by atoms with Gasteiger partial charge in [-0.1, -0.05) is 24.3 Å². The van der Waals surface area contributed by atoms with Crippen LogP contribution in [0.15, 0.2) is 54.7 Å². The van der Waals surface area contributed by atoms with E-state index in [1.165, 1.54) is 5.69 Å². The molecule has 0 aliphatic carbocycles. The number of anilines is 1. The topological polar surface area (TPSA) is 25.4 Å². The maximum absolute atomic E-state index is 5.61. The molecule has 3 nitrogen and oxygen atoms in total. The monoisotopic (exact) mass is 240 g/mol. The van der Waals surface area contributed by atoms with Gasteiger partial charge in [0, 0.05) is 18.4 Å². The standard InChI is InChI=1S/C15H16N2O/c1-2-6-13(7-3-1)17-10-11-18-12-15(17)14-8-4-5-9-16-14/h1-9,15H,10-12H2. The lowest BCUT2D eigenvalue weighted by Gasteiger charge is -2.37. The van der Waals surface area contributed by atoms with Gasteiger partial charge < -0.3 is 9.64 Å². The molecule has 1 saturated heterocycles. The zero-order chi connectivity index (χ0) is 12.2. The van der Waals surface area contributed by atoms with Crippen LogP contribution in [0.3, 0.4) is 0 Å². The molecular formula is C15H16N2O. The van der Waals surface area contributed by atoms with Crippen LogP contribution in [0.4, 0.5) is 5.69 Å². The maximum Gasteiger partial charge on any atom is 0.0947 e. The molecule has 1 aliphatic rings. The molecule has 0 N–H and O–H groups in total. The fraction of sp³-hybridized carbons (Fsp3) is 0.267. The van der Waals surface area contributed by atoms with Gasteiger partial charge in [0.05, 0.1) is 24.9 Å². The van der Waals surface area contributed by atoms with Crippen molar-refractivity contribution in [2.24, 2.45) is 0 Å². The van der Waals surface area contributed by atoms with Gasteiger partial charge in [-0.05, 0) is 24.3 Å². The largest absolute Gasteiger partial charge is 0.377 e. The molecule has 0 saturated carbocycles. The van der Waals surface area contributed by atoms with Gasteiger partial charge in [0.15, 0.2) is 0 Å². The highest BCUT2D eigenvalue weighted by Crippen LogP contribution is 2.28. The number of hydrogen-bond donors (Lipinski definition) is 0. The average molecular weight is 240 g/mol. The van der Waals surface area contributed by atoms with E-state index < -0.39 is 0 Å². The highest BCUT2D eigenvalue weighted by molar-refractivity contribution is 5.48. The van der Waals surface area contributed by atoms with Gasteiger partial charge in [-0.25, -0.2) is 0 Å². The molecule has 1 aromatic heterocycles. The minimum absolute atomic E-state index is 0.211. The van der Waals surface area contributed by atoms with Crippen molar-refractivity contribution in [1.29, 1.82) is 0 Å². The van der Waals surface area contributed by atoms with E-state index in [1.54, 1.807) is 0 Å². The first kappa shape index (κ1) is 11.2. The molecule has 1 fully saturated rings. The molecular weight excluding hydrogens is 224 g/mol. The van der Waals surface area contributed by atoms with Crippen molar-refractivity contribution in [1.82, 2.24) is 4.98 Å². The van der Waals surface area contributed by atoms with E-state index in [-0.39, 0.29) is 6.04 Å². The fourth-order valence-electron chi connectivity index (χ4n) is 2.35. The van der Waals surface area contributed by atoms with E-state index in [0.717, 1.165) is 18.8 Å². The third kappa shape index (κ3) is 2.22. The summed E-state index contributed by atoms with van der Waals surface area (Å²) >= 11 is 0. The Labute approximate surface area is 107 Å². The van der Waals surface area contributed by atoms with Gasteiger partial charge in [-0.2, -0.15) is 0 Å². The molecule has 92 valence electrons. The zero-order valence-corrected chi connectivity index (χ0v) is 10.2. The number of benzene rings is 1. The molecule has 2 heterocycles. The molecule has 1 aliphatic heterocycles. The highest BCUT2D eigenvalue weighted by atomic mass is 16.5. The third-order valence-corrected chi connectivity index (χ3v) is 3.25. The van der Waals surface area contributed by atoms with Crippen LogP contribution >= 0.6 is 0 Å². The lowest BCUT2D eigenvalue weighted by atomic mass is 10.1. The Morgan fingerprint density at radius 3 is 2.67 bits per heavy atom. The van der Waals surface area contributed by atoms with Crippen LogP contribution in [0.2, 0.25) is 0 Å². The van der Waals surface area contributed by atoms with E-state index in [0.29, 0.717) is 6.61 Å². The molecule has 0 bridgehead atoms. The molecule has 2 aromatic rings. The van der Waals surface area contributed by atoms with E-state index in [1.807, 2.05) is 24.4 Å². The lowest BCUT2D eigenvalue weighted by Crippen LogP contribution is -2.39. The van der Waals surface area contributed by atoms with Crippen LogP contribution in [0.5, 0.6) is 0 Å². The van der Waals surface area contributed by atoms with Gasteiger partial charge in [0.25, 0.3) is 0 Å². The summed E-state index contributed by atoms with van der Waals surface area (Å²) in [5.74, 6) is 0. The first-order chi connectivity index (χ1) is 8.95. The Kier molecular flexibility index (Phi) is 3.24. The Morgan fingerprint density at radius 1 is 1.06 bits per heavy atom. The van der Waals surface area contributed by atoms with Gasteiger partial charge >= 0.3 is 0 Å². The van der Waals surface area contributed by atoms with Crippen LogP contribution < -0.4 is 4.90 Å². The Bertz CT molecular complexity index is 439. The van der Waals surface area contributed by atoms with Crippen molar-refractivity contribution in [3.63, 3.8) is 0 Å². The number of para-hydroxylation sites is 1. The van der Waals surface area contributed by atoms with Crippen LogP contribution in [0, 0.1) is 0 Å². The SMILES string of the molecule is c1ccc(N2CCOCC2c2ccccn2)cc1. The number of rotatable bonds is 2. The predicted octanol–water partition coefficient (Wildman–Crippen LogP) is 2.66. The van der Waals surface area contributed by atoms with Crippen molar-refractivity contribution < 1.29 is 4.74 Å². The van der Waals surface area contributed by atoms with E-state index in [9.17, 15) is 0 Å². The number of hydrogen-bond acceptors (Lipinski definition) is 3. The van der Waals surface area contributed by atoms with E-state index in [4.69, 9.17) is 4.74 Å². The first-order valence-electron chi connectivity index (χ1n) is 6.25. The molecule has 18 heavy (non-hydrogen) atoms. The van der Waals surface area contributed by atoms with E-state index >= 15 is 0 Å². The van der Waals surface area contributed by atoms with Gasteiger partial charge in [-0.15, -0.1) is 0 Å². The van der Waals surface area contributed by atoms with Crippen molar-refractivity contribution in [3.05, 3.63) is 60.4 Å². The Hall–Kier alpha value is -1.87. The first-order valence-corrected chi connectivity index (χ1v) is 6.25. The quantitative estimate of drug-likeness (QED) is 0.807. The normalized spacial score (nSPS) is 19.8.